The van der Waals surface area contributed by atoms with Crippen molar-refractivity contribution in [3.8, 4) is 11.5 Å². The van der Waals surface area contributed by atoms with Crippen molar-refractivity contribution in [2.45, 2.75) is 59.5 Å². The molecule has 8 heteroatoms. The zero-order chi connectivity index (χ0) is 25.9. The summed E-state index contributed by atoms with van der Waals surface area (Å²) in [6.07, 6.45) is 3.22. The molecule has 0 fully saturated rings. The molecule has 0 radical (unpaired) electrons. The lowest BCUT2D eigenvalue weighted by Gasteiger charge is -2.32. The third-order valence-electron chi connectivity index (χ3n) is 6.43. The summed E-state index contributed by atoms with van der Waals surface area (Å²) >= 11 is 0. The lowest BCUT2D eigenvalue weighted by molar-refractivity contribution is -0.152. The fourth-order valence-corrected chi connectivity index (χ4v) is 4.89. The minimum absolute atomic E-state index is 0.0115. The molecule has 0 bridgehead atoms. The third kappa shape index (κ3) is 4.74. The van der Waals surface area contributed by atoms with Crippen molar-refractivity contribution < 1.29 is 28.6 Å². The fraction of sp³-hybridized carbons (Fsp3) is 0.481. The topological polar surface area (TPSA) is 95.0 Å². The maximum absolute atomic E-state index is 13.8. The number of fused-ring (bicyclic) bond motifs is 1. The van der Waals surface area contributed by atoms with Gasteiger partial charge in [-0.3, -0.25) is 19.4 Å². The molecule has 1 amide bonds. The van der Waals surface area contributed by atoms with Gasteiger partial charge >= 0.3 is 5.97 Å². The van der Waals surface area contributed by atoms with Crippen molar-refractivity contribution in [3.63, 3.8) is 0 Å². The number of pyridine rings is 1. The van der Waals surface area contributed by atoms with E-state index in [0.29, 0.717) is 33.8 Å². The van der Waals surface area contributed by atoms with Gasteiger partial charge in [0.15, 0.2) is 17.3 Å². The quantitative estimate of drug-likeness (QED) is 0.395. The summed E-state index contributed by atoms with van der Waals surface area (Å²) in [5.74, 6) is -0.277. The van der Waals surface area contributed by atoms with Gasteiger partial charge in [0.2, 0.25) is 0 Å². The molecule has 8 nitrogen and oxygen atoms in total. The van der Waals surface area contributed by atoms with Crippen molar-refractivity contribution in [1.29, 1.82) is 0 Å². The van der Waals surface area contributed by atoms with Crippen molar-refractivity contribution in [1.82, 2.24) is 9.88 Å². The largest absolute Gasteiger partial charge is 0.493 e. The van der Waals surface area contributed by atoms with Crippen LogP contribution in [0.5, 0.6) is 11.5 Å². The SMILES string of the molecule is CCOC(=O)C1(Cc2ccncc2C(=O)N(C(C)C)C(C)C)Cc2cc(OC)c(OC)cc2C1=O. The van der Waals surface area contributed by atoms with Gasteiger partial charge in [0, 0.05) is 30.0 Å². The van der Waals surface area contributed by atoms with Gasteiger partial charge in [0.05, 0.1) is 26.4 Å². The molecular weight excluding hydrogens is 448 g/mol. The van der Waals surface area contributed by atoms with E-state index in [-0.39, 0.29) is 43.2 Å². The minimum Gasteiger partial charge on any atom is -0.493 e. The molecule has 0 saturated carbocycles. The van der Waals surface area contributed by atoms with E-state index in [1.165, 1.54) is 20.4 Å². The van der Waals surface area contributed by atoms with Crippen LogP contribution in [0, 0.1) is 5.41 Å². The van der Waals surface area contributed by atoms with Gasteiger partial charge in [-0.25, -0.2) is 0 Å². The van der Waals surface area contributed by atoms with E-state index >= 15 is 0 Å². The van der Waals surface area contributed by atoms with E-state index < -0.39 is 11.4 Å². The molecule has 1 aliphatic rings. The van der Waals surface area contributed by atoms with Gasteiger partial charge in [-0.1, -0.05) is 0 Å². The number of carbonyl (C=O) groups is 3. The smallest absolute Gasteiger partial charge is 0.320 e. The number of ether oxygens (including phenoxy) is 3. The summed E-state index contributed by atoms with van der Waals surface area (Å²) in [6, 6.07) is 4.96. The standard InChI is InChI=1S/C27H34N2O6/c1-8-35-26(32)27(14-19-11-22(33-6)23(34-7)12-20(19)24(27)30)13-18-9-10-28-15-21(18)25(31)29(16(2)3)17(4)5/h9-12,15-17H,8,13-14H2,1-7H3. The first-order valence-corrected chi connectivity index (χ1v) is 11.8. The van der Waals surface area contributed by atoms with Crippen LogP contribution in [-0.2, 0) is 22.4 Å². The second kappa shape index (κ2) is 10.5. The maximum atomic E-state index is 13.8. The number of ketones is 1. The Bertz CT molecular complexity index is 1120. The Morgan fingerprint density at radius 2 is 1.71 bits per heavy atom. The highest BCUT2D eigenvalue weighted by Gasteiger charge is 2.53. The monoisotopic (exact) mass is 482 g/mol. The second-order valence-corrected chi connectivity index (χ2v) is 9.28. The number of Topliss-reactive ketones (excluding diaryl/α,β-unsaturated/α-hetero) is 1. The van der Waals surface area contributed by atoms with E-state index in [1.54, 1.807) is 36.2 Å². The van der Waals surface area contributed by atoms with Crippen LogP contribution in [-0.4, -0.2) is 60.5 Å². The maximum Gasteiger partial charge on any atom is 0.320 e. The molecule has 1 aromatic carbocycles. The number of hydrogen-bond acceptors (Lipinski definition) is 7. The highest BCUT2D eigenvalue weighted by molar-refractivity contribution is 6.16. The predicted octanol–water partition coefficient (Wildman–Crippen LogP) is 3.89. The number of carbonyl (C=O) groups excluding carboxylic acids is 3. The Hall–Kier alpha value is -3.42. The molecule has 3 rings (SSSR count). The number of benzene rings is 1. The number of rotatable bonds is 9. The number of esters is 1. The summed E-state index contributed by atoms with van der Waals surface area (Å²) in [6.45, 7) is 9.64. The van der Waals surface area contributed by atoms with Gasteiger partial charge in [0.25, 0.3) is 5.91 Å². The molecule has 1 aromatic heterocycles. The second-order valence-electron chi connectivity index (χ2n) is 9.28. The summed E-state index contributed by atoms with van der Waals surface area (Å²) in [5, 5.41) is 0. The van der Waals surface area contributed by atoms with Crippen LogP contribution < -0.4 is 9.47 Å². The Labute approximate surface area is 206 Å². The van der Waals surface area contributed by atoms with E-state index in [0.717, 1.165) is 0 Å². The van der Waals surface area contributed by atoms with Crippen molar-refractivity contribution >= 4 is 17.7 Å². The van der Waals surface area contributed by atoms with Crippen LogP contribution >= 0.6 is 0 Å². The van der Waals surface area contributed by atoms with Gasteiger partial charge in [-0.15, -0.1) is 0 Å². The summed E-state index contributed by atoms with van der Waals surface area (Å²) in [7, 11) is 3.01. The van der Waals surface area contributed by atoms with Crippen molar-refractivity contribution in [2.75, 3.05) is 20.8 Å². The number of nitrogens with zero attached hydrogens (tertiary/aromatic N) is 2. The normalized spacial score (nSPS) is 16.9. The predicted molar refractivity (Wildman–Crippen MR) is 131 cm³/mol. The Kier molecular flexibility index (Phi) is 7.83. The molecule has 0 saturated heterocycles. The minimum atomic E-state index is -1.51. The molecule has 188 valence electrons. The first-order chi connectivity index (χ1) is 16.6. The highest BCUT2D eigenvalue weighted by Crippen LogP contribution is 2.45. The molecule has 0 spiro atoms. The van der Waals surface area contributed by atoms with E-state index in [1.807, 2.05) is 27.7 Å². The lowest BCUT2D eigenvalue weighted by atomic mass is 9.77. The first-order valence-electron chi connectivity index (χ1n) is 11.8. The van der Waals surface area contributed by atoms with Crippen LogP contribution in [0.15, 0.2) is 30.6 Å². The van der Waals surface area contributed by atoms with Gasteiger partial charge < -0.3 is 19.1 Å². The molecule has 1 atom stereocenters. The van der Waals surface area contributed by atoms with Gasteiger partial charge in [-0.2, -0.15) is 0 Å². The summed E-state index contributed by atoms with van der Waals surface area (Å²) in [4.78, 5) is 46.7. The van der Waals surface area contributed by atoms with Crippen LogP contribution in [0.3, 0.4) is 0 Å². The van der Waals surface area contributed by atoms with Crippen molar-refractivity contribution in [3.05, 3.63) is 52.8 Å². The van der Waals surface area contributed by atoms with E-state index in [2.05, 4.69) is 4.98 Å². The molecule has 1 aliphatic carbocycles. The molecule has 35 heavy (non-hydrogen) atoms. The number of methoxy groups -OCH3 is 2. The molecule has 1 unspecified atom stereocenters. The highest BCUT2D eigenvalue weighted by atomic mass is 16.5. The first kappa shape index (κ1) is 26.2. The lowest BCUT2D eigenvalue weighted by Crippen LogP contribution is -2.44. The number of hydrogen-bond donors (Lipinski definition) is 0. The Balaban J connectivity index is 2.11. The van der Waals surface area contributed by atoms with Crippen LogP contribution in [0.25, 0.3) is 0 Å². The molecule has 0 aliphatic heterocycles. The summed E-state index contributed by atoms with van der Waals surface area (Å²) in [5.41, 5.74) is 0.506. The molecular formula is C27H34N2O6. The van der Waals surface area contributed by atoms with Gasteiger partial charge in [-0.05, 0) is 76.8 Å². The van der Waals surface area contributed by atoms with Crippen LogP contribution in [0.1, 0.15) is 66.5 Å². The fourth-order valence-electron chi connectivity index (χ4n) is 4.89. The van der Waals surface area contributed by atoms with Crippen LogP contribution in [0.4, 0.5) is 0 Å². The Morgan fingerprint density at radius 1 is 1.09 bits per heavy atom. The average molecular weight is 483 g/mol. The molecule has 2 aromatic rings. The zero-order valence-corrected chi connectivity index (χ0v) is 21.5. The molecule has 1 heterocycles. The average Bonchev–Trinajstić information content (AvgIpc) is 3.09. The number of amides is 1. The third-order valence-corrected chi connectivity index (χ3v) is 6.43. The summed E-state index contributed by atoms with van der Waals surface area (Å²) < 4.78 is 16.2. The molecule has 0 N–H and O–H groups in total. The van der Waals surface area contributed by atoms with Crippen LogP contribution in [0.2, 0.25) is 0 Å². The number of aromatic nitrogens is 1. The van der Waals surface area contributed by atoms with Gasteiger partial charge in [0.1, 0.15) is 5.41 Å². The Morgan fingerprint density at radius 3 is 2.29 bits per heavy atom. The van der Waals surface area contributed by atoms with Crippen molar-refractivity contribution in [2.24, 2.45) is 5.41 Å². The zero-order valence-electron chi connectivity index (χ0n) is 21.5. The van der Waals surface area contributed by atoms with E-state index in [9.17, 15) is 14.4 Å². The van der Waals surface area contributed by atoms with E-state index in [4.69, 9.17) is 14.2 Å².